The predicted molar refractivity (Wildman–Crippen MR) is 123 cm³/mol. The van der Waals surface area contributed by atoms with Crippen molar-refractivity contribution in [3.63, 3.8) is 0 Å². The van der Waals surface area contributed by atoms with Crippen LogP contribution in [0.4, 0.5) is 5.69 Å². The molecule has 0 spiro atoms. The van der Waals surface area contributed by atoms with Gasteiger partial charge >= 0.3 is 5.97 Å². The molecule has 0 saturated carbocycles. The maximum atomic E-state index is 12.7. The van der Waals surface area contributed by atoms with Crippen molar-refractivity contribution in [2.24, 2.45) is 0 Å². The topological polar surface area (TPSA) is 102 Å². The molecule has 10 heteroatoms. The third-order valence-electron chi connectivity index (χ3n) is 5.71. The van der Waals surface area contributed by atoms with Gasteiger partial charge in [0.1, 0.15) is 5.75 Å². The molecule has 176 valence electrons. The number of hydrogen-bond acceptors (Lipinski definition) is 6. The number of halogens is 1. The molecule has 1 aliphatic carbocycles. The highest BCUT2D eigenvalue weighted by Crippen LogP contribution is 2.29. The summed E-state index contributed by atoms with van der Waals surface area (Å²) in [5.41, 5.74) is 2.66. The highest BCUT2D eigenvalue weighted by Gasteiger charge is 2.27. The maximum absolute atomic E-state index is 12.7. The lowest BCUT2D eigenvalue weighted by Gasteiger charge is -2.16. The van der Waals surface area contributed by atoms with Crippen LogP contribution in [0, 0.1) is 0 Å². The Morgan fingerprint density at radius 1 is 0.970 bits per heavy atom. The second-order valence-corrected chi connectivity index (χ2v) is 10.4. The van der Waals surface area contributed by atoms with E-state index >= 15 is 0 Å². The quantitative estimate of drug-likeness (QED) is 0.568. The number of sulfonamides is 1. The summed E-state index contributed by atoms with van der Waals surface area (Å²) in [7, 11) is -3.66. The van der Waals surface area contributed by atoms with Crippen LogP contribution in [0.5, 0.6) is 5.75 Å². The summed E-state index contributed by atoms with van der Waals surface area (Å²) in [5.74, 6) is -0.750. The van der Waals surface area contributed by atoms with Crippen LogP contribution in [0.1, 0.15) is 30.4 Å². The number of rotatable bonds is 8. The van der Waals surface area contributed by atoms with Crippen molar-refractivity contribution in [3.8, 4) is 5.75 Å². The Balaban J connectivity index is 1.29. The van der Waals surface area contributed by atoms with Gasteiger partial charge in [-0.1, -0.05) is 17.7 Å². The van der Waals surface area contributed by atoms with E-state index in [2.05, 4.69) is 5.32 Å². The van der Waals surface area contributed by atoms with E-state index in [1.54, 1.807) is 0 Å². The van der Waals surface area contributed by atoms with Gasteiger partial charge in [0.25, 0.3) is 5.91 Å². The number of anilines is 1. The van der Waals surface area contributed by atoms with Crippen LogP contribution in [0.25, 0.3) is 0 Å². The first-order valence-corrected chi connectivity index (χ1v) is 12.6. The SMILES string of the molecule is O=C(COC(=O)COc1ccc2c(c1)CCC2)Nc1cc(S(=O)(=O)N2CCCC2)ccc1Cl. The van der Waals surface area contributed by atoms with E-state index in [4.69, 9.17) is 21.1 Å². The van der Waals surface area contributed by atoms with Gasteiger partial charge in [-0.3, -0.25) is 4.79 Å². The van der Waals surface area contributed by atoms with Crippen LogP contribution in [0.3, 0.4) is 0 Å². The first-order valence-electron chi connectivity index (χ1n) is 10.8. The Bertz CT molecular complexity index is 1160. The Morgan fingerprint density at radius 3 is 2.52 bits per heavy atom. The summed E-state index contributed by atoms with van der Waals surface area (Å²) in [6.07, 6.45) is 4.81. The molecule has 2 aromatic carbocycles. The molecule has 2 aromatic rings. The fourth-order valence-electron chi connectivity index (χ4n) is 3.99. The third-order valence-corrected chi connectivity index (χ3v) is 7.93. The number of hydrogen-bond donors (Lipinski definition) is 1. The van der Waals surface area contributed by atoms with Gasteiger partial charge in [0, 0.05) is 13.1 Å². The minimum Gasteiger partial charge on any atom is -0.482 e. The minimum atomic E-state index is -3.66. The molecule has 0 radical (unpaired) electrons. The lowest BCUT2D eigenvalue weighted by molar-refractivity contribution is -0.149. The highest BCUT2D eigenvalue weighted by atomic mass is 35.5. The molecule has 1 amide bonds. The molecule has 8 nitrogen and oxygen atoms in total. The van der Waals surface area contributed by atoms with Crippen LogP contribution < -0.4 is 10.1 Å². The summed E-state index contributed by atoms with van der Waals surface area (Å²) < 4.78 is 37.3. The number of nitrogens with one attached hydrogen (secondary N) is 1. The second-order valence-electron chi connectivity index (χ2n) is 8.03. The Labute approximate surface area is 197 Å². The van der Waals surface area contributed by atoms with E-state index in [9.17, 15) is 18.0 Å². The number of ether oxygens (including phenoxy) is 2. The largest absolute Gasteiger partial charge is 0.482 e. The van der Waals surface area contributed by atoms with Crippen LogP contribution in [0.15, 0.2) is 41.3 Å². The predicted octanol–water partition coefficient (Wildman–Crippen LogP) is 3.17. The molecule has 1 N–H and O–H groups in total. The molecule has 0 atom stereocenters. The maximum Gasteiger partial charge on any atom is 0.344 e. The number of aryl methyl sites for hydroxylation is 2. The molecule has 0 aromatic heterocycles. The smallest absolute Gasteiger partial charge is 0.344 e. The van der Waals surface area contributed by atoms with Gasteiger partial charge in [-0.2, -0.15) is 4.31 Å². The number of esters is 1. The van der Waals surface area contributed by atoms with E-state index in [0.29, 0.717) is 18.8 Å². The van der Waals surface area contributed by atoms with Gasteiger partial charge in [0.15, 0.2) is 13.2 Å². The molecule has 1 heterocycles. The second kappa shape index (κ2) is 10.1. The zero-order valence-corrected chi connectivity index (χ0v) is 19.6. The average Bonchev–Trinajstić information content (AvgIpc) is 3.49. The third kappa shape index (κ3) is 5.66. The molecular formula is C23H25ClN2O6S. The van der Waals surface area contributed by atoms with Crippen LogP contribution >= 0.6 is 11.6 Å². The van der Waals surface area contributed by atoms with Crippen molar-refractivity contribution < 1.29 is 27.5 Å². The summed E-state index contributed by atoms with van der Waals surface area (Å²) in [6.45, 7) is 0.0640. The van der Waals surface area contributed by atoms with E-state index in [0.717, 1.165) is 32.1 Å². The van der Waals surface area contributed by atoms with Gasteiger partial charge in [-0.25, -0.2) is 13.2 Å². The number of fused-ring (bicyclic) bond motifs is 1. The minimum absolute atomic E-state index is 0.0452. The lowest BCUT2D eigenvalue weighted by Crippen LogP contribution is -2.28. The molecular weight excluding hydrogens is 468 g/mol. The number of amides is 1. The van der Waals surface area contributed by atoms with Gasteiger partial charge in [-0.15, -0.1) is 0 Å². The number of benzene rings is 2. The van der Waals surface area contributed by atoms with E-state index < -0.39 is 28.5 Å². The Morgan fingerprint density at radius 2 is 1.73 bits per heavy atom. The Hall–Kier alpha value is -2.62. The van der Waals surface area contributed by atoms with Gasteiger partial charge in [0.2, 0.25) is 10.0 Å². The van der Waals surface area contributed by atoms with Crippen molar-refractivity contribution in [1.82, 2.24) is 4.31 Å². The summed E-state index contributed by atoms with van der Waals surface area (Å²) in [6, 6.07) is 9.87. The summed E-state index contributed by atoms with van der Waals surface area (Å²) in [4.78, 5) is 24.3. The summed E-state index contributed by atoms with van der Waals surface area (Å²) in [5, 5.41) is 2.67. The zero-order chi connectivity index (χ0) is 23.4. The van der Waals surface area contributed by atoms with E-state index in [-0.39, 0.29) is 22.2 Å². The zero-order valence-electron chi connectivity index (χ0n) is 18.0. The molecule has 4 rings (SSSR count). The van der Waals surface area contributed by atoms with Gasteiger partial charge in [-0.05, 0) is 73.6 Å². The van der Waals surface area contributed by atoms with Crippen molar-refractivity contribution in [2.75, 3.05) is 31.6 Å². The Kier molecular flexibility index (Phi) is 7.21. The van der Waals surface area contributed by atoms with Gasteiger partial charge < -0.3 is 14.8 Å². The number of nitrogens with zero attached hydrogens (tertiary/aromatic N) is 1. The first-order chi connectivity index (χ1) is 15.8. The molecule has 1 aliphatic heterocycles. The molecule has 33 heavy (non-hydrogen) atoms. The monoisotopic (exact) mass is 492 g/mol. The fraction of sp³-hybridized carbons (Fsp3) is 0.391. The standard InChI is InChI=1S/C23H25ClN2O6S/c24-20-9-8-19(33(29,30)26-10-1-2-11-26)13-21(20)25-22(27)14-32-23(28)15-31-18-7-6-16-4-3-5-17(16)12-18/h6-9,12-13H,1-5,10-11,14-15H2,(H,25,27). The fourth-order valence-corrected chi connectivity index (χ4v) is 5.70. The first kappa shape index (κ1) is 23.5. The average molecular weight is 493 g/mol. The van der Waals surface area contributed by atoms with Gasteiger partial charge in [0.05, 0.1) is 15.6 Å². The highest BCUT2D eigenvalue weighted by molar-refractivity contribution is 7.89. The molecule has 0 unspecified atom stereocenters. The molecule has 0 bridgehead atoms. The van der Waals surface area contributed by atoms with Crippen molar-refractivity contribution in [2.45, 2.75) is 37.0 Å². The number of carbonyl (C=O) groups is 2. The van der Waals surface area contributed by atoms with E-state index in [1.165, 1.54) is 33.6 Å². The van der Waals surface area contributed by atoms with Crippen molar-refractivity contribution >= 4 is 39.2 Å². The number of carbonyl (C=O) groups excluding carboxylic acids is 2. The normalized spacial score (nSPS) is 15.8. The van der Waals surface area contributed by atoms with Crippen LogP contribution in [-0.4, -0.2) is 50.9 Å². The van der Waals surface area contributed by atoms with Crippen LogP contribution in [-0.2, 0) is 37.2 Å². The van der Waals surface area contributed by atoms with Crippen LogP contribution in [0.2, 0.25) is 5.02 Å². The molecule has 1 saturated heterocycles. The lowest BCUT2D eigenvalue weighted by atomic mass is 10.1. The van der Waals surface area contributed by atoms with Crippen molar-refractivity contribution in [3.05, 3.63) is 52.5 Å². The van der Waals surface area contributed by atoms with Crippen molar-refractivity contribution in [1.29, 1.82) is 0 Å². The molecule has 2 aliphatic rings. The van der Waals surface area contributed by atoms with E-state index in [1.807, 2.05) is 18.2 Å². The summed E-state index contributed by atoms with van der Waals surface area (Å²) >= 11 is 6.12. The molecule has 1 fully saturated rings.